The fourth-order valence-electron chi connectivity index (χ4n) is 1.82. The number of fused-ring (bicyclic) bond motifs is 1. The molecule has 0 aliphatic rings. The predicted molar refractivity (Wildman–Crippen MR) is 69.5 cm³/mol. The molecule has 0 spiro atoms. The van der Waals surface area contributed by atoms with E-state index in [1.807, 2.05) is 25.1 Å². The highest BCUT2D eigenvalue weighted by Gasteiger charge is 2.08. The molecule has 0 bridgehead atoms. The maximum atomic E-state index is 5.35. The van der Waals surface area contributed by atoms with E-state index in [0.29, 0.717) is 0 Å². The molecule has 2 aromatic carbocycles. The Morgan fingerprint density at radius 1 is 0.938 bits per heavy atom. The Hall–Kier alpha value is -1.22. The van der Waals surface area contributed by atoms with Gasteiger partial charge in [-0.15, -0.1) is 0 Å². The van der Waals surface area contributed by atoms with Crippen LogP contribution in [0.15, 0.2) is 28.7 Å². The van der Waals surface area contributed by atoms with Crippen LogP contribution in [0, 0.1) is 6.92 Å². The van der Waals surface area contributed by atoms with Gasteiger partial charge in [0, 0.05) is 15.2 Å². The molecule has 0 unspecified atom stereocenters. The predicted octanol–water partition coefficient (Wildman–Crippen LogP) is 3.93. The standard InChI is InChI=1S/C13H13BrO2/c1-8-6-9-10(7-13(8)16-3)12(15-2)5-4-11(9)14/h4-7H,1-3H3. The van der Waals surface area contributed by atoms with Crippen LogP contribution in [-0.2, 0) is 0 Å². The van der Waals surface area contributed by atoms with Crippen LogP contribution in [-0.4, -0.2) is 14.2 Å². The molecule has 2 aromatic rings. The molecule has 0 aliphatic carbocycles. The highest BCUT2D eigenvalue weighted by molar-refractivity contribution is 9.10. The average molecular weight is 281 g/mol. The smallest absolute Gasteiger partial charge is 0.126 e. The van der Waals surface area contributed by atoms with E-state index >= 15 is 0 Å². The van der Waals surface area contributed by atoms with Crippen molar-refractivity contribution in [1.29, 1.82) is 0 Å². The first-order chi connectivity index (χ1) is 7.67. The van der Waals surface area contributed by atoms with Crippen LogP contribution in [0.4, 0.5) is 0 Å². The zero-order valence-corrected chi connectivity index (χ0v) is 11.1. The van der Waals surface area contributed by atoms with Gasteiger partial charge in [-0.3, -0.25) is 0 Å². The summed E-state index contributed by atoms with van der Waals surface area (Å²) in [6.07, 6.45) is 0. The van der Waals surface area contributed by atoms with Gasteiger partial charge in [-0.2, -0.15) is 0 Å². The lowest BCUT2D eigenvalue weighted by atomic mass is 10.1. The Bertz CT molecular complexity index is 535. The fourth-order valence-corrected chi connectivity index (χ4v) is 2.28. The zero-order valence-electron chi connectivity index (χ0n) is 9.50. The molecule has 3 heteroatoms. The van der Waals surface area contributed by atoms with Crippen molar-refractivity contribution in [3.8, 4) is 11.5 Å². The largest absolute Gasteiger partial charge is 0.496 e. The summed E-state index contributed by atoms with van der Waals surface area (Å²) in [5, 5.41) is 2.19. The minimum Gasteiger partial charge on any atom is -0.496 e. The van der Waals surface area contributed by atoms with Gasteiger partial charge >= 0.3 is 0 Å². The minimum absolute atomic E-state index is 0.858. The molecule has 0 fully saturated rings. The van der Waals surface area contributed by atoms with Crippen molar-refractivity contribution >= 4 is 26.7 Å². The van der Waals surface area contributed by atoms with Crippen LogP contribution in [0.3, 0.4) is 0 Å². The minimum atomic E-state index is 0.858. The molecule has 2 rings (SSSR count). The molecule has 0 atom stereocenters. The Morgan fingerprint density at radius 2 is 1.62 bits per heavy atom. The van der Waals surface area contributed by atoms with E-state index in [1.54, 1.807) is 14.2 Å². The number of hydrogen-bond acceptors (Lipinski definition) is 2. The molecular formula is C13H13BrO2. The summed E-state index contributed by atoms with van der Waals surface area (Å²) >= 11 is 3.54. The first-order valence-corrected chi connectivity index (χ1v) is 5.77. The van der Waals surface area contributed by atoms with E-state index in [1.165, 1.54) is 0 Å². The van der Waals surface area contributed by atoms with Crippen molar-refractivity contribution in [3.63, 3.8) is 0 Å². The van der Waals surface area contributed by atoms with E-state index in [0.717, 1.165) is 32.3 Å². The lowest BCUT2D eigenvalue weighted by Crippen LogP contribution is -1.90. The molecule has 0 heterocycles. The zero-order chi connectivity index (χ0) is 11.7. The number of ether oxygens (including phenoxy) is 2. The van der Waals surface area contributed by atoms with Gasteiger partial charge in [0.05, 0.1) is 14.2 Å². The van der Waals surface area contributed by atoms with Gasteiger partial charge in [-0.1, -0.05) is 15.9 Å². The van der Waals surface area contributed by atoms with Crippen LogP contribution < -0.4 is 9.47 Å². The molecule has 0 aliphatic heterocycles. The summed E-state index contributed by atoms with van der Waals surface area (Å²) in [5.41, 5.74) is 1.11. The summed E-state index contributed by atoms with van der Waals surface area (Å²) in [5.74, 6) is 1.74. The average Bonchev–Trinajstić information content (AvgIpc) is 2.30. The van der Waals surface area contributed by atoms with Crippen molar-refractivity contribution in [2.45, 2.75) is 6.92 Å². The van der Waals surface area contributed by atoms with Crippen LogP contribution in [0.1, 0.15) is 5.56 Å². The fraction of sp³-hybridized carbons (Fsp3) is 0.231. The molecule has 0 saturated carbocycles. The summed E-state index contributed by atoms with van der Waals surface area (Å²) in [7, 11) is 3.35. The molecule has 2 nitrogen and oxygen atoms in total. The van der Waals surface area contributed by atoms with Crippen molar-refractivity contribution < 1.29 is 9.47 Å². The van der Waals surface area contributed by atoms with E-state index < -0.39 is 0 Å². The highest BCUT2D eigenvalue weighted by atomic mass is 79.9. The highest BCUT2D eigenvalue weighted by Crippen LogP contribution is 2.35. The molecule has 0 radical (unpaired) electrons. The molecule has 16 heavy (non-hydrogen) atoms. The Labute approximate surface area is 103 Å². The summed E-state index contributed by atoms with van der Waals surface area (Å²) in [4.78, 5) is 0. The first kappa shape index (κ1) is 11.3. The van der Waals surface area contributed by atoms with Gasteiger partial charge < -0.3 is 9.47 Å². The SMILES string of the molecule is COc1cc2c(OC)ccc(Br)c2cc1C. The van der Waals surface area contributed by atoms with Crippen molar-refractivity contribution in [2.75, 3.05) is 14.2 Å². The van der Waals surface area contributed by atoms with Crippen LogP contribution in [0.5, 0.6) is 11.5 Å². The van der Waals surface area contributed by atoms with Crippen molar-refractivity contribution in [2.24, 2.45) is 0 Å². The van der Waals surface area contributed by atoms with Crippen LogP contribution in [0.2, 0.25) is 0 Å². The lowest BCUT2D eigenvalue weighted by molar-refractivity contribution is 0.410. The second-order valence-corrected chi connectivity index (χ2v) is 4.47. The summed E-state index contributed by atoms with van der Waals surface area (Å²) in [6.45, 7) is 2.03. The van der Waals surface area contributed by atoms with E-state index in [4.69, 9.17) is 9.47 Å². The lowest BCUT2D eigenvalue weighted by Gasteiger charge is -2.11. The summed E-state index contributed by atoms with van der Waals surface area (Å²) < 4.78 is 11.7. The van der Waals surface area contributed by atoms with Gasteiger partial charge in [0.2, 0.25) is 0 Å². The van der Waals surface area contributed by atoms with Gasteiger partial charge in [0.25, 0.3) is 0 Å². The number of aryl methyl sites for hydroxylation is 1. The summed E-state index contributed by atoms with van der Waals surface area (Å²) in [6, 6.07) is 8.04. The van der Waals surface area contributed by atoms with Gasteiger partial charge in [-0.25, -0.2) is 0 Å². The topological polar surface area (TPSA) is 18.5 Å². The van der Waals surface area contributed by atoms with Gasteiger partial charge in [-0.05, 0) is 36.8 Å². The van der Waals surface area contributed by atoms with Gasteiger partial charge in [0.15, 0.2) is 0 Å². The van der Waals surface area contributed by atoms with E-state index in [2.05, 4.69) is 22.0 Å². The molecule has 0 saturated heterocycles. The molecule has 0 aromatic heterocycles. The van der Waals surface area contributed by atoms with Crippen LogP contribution in [0.25, 0.3) is 10.8 Å². The van der Waals surface area contributed by atoms with Crippen molar-refractivity contribution in [1.82, 2.24) is 0 Å². The number of halogens is 1. The number of rotatable bonds is 2. The molecule has 0 amide bonds. The quantitative estimate of drug-likeness (QED) is 0.830. The monoisotopic (exact) mass is 280 g/mol. The number of hydrogen-bond donors (Lipinski definition) is 0. The Morgan fingerprint density at radius 3 is 2.25 bits per heavy atom. The van der Waals surface area contributed by atoms with E-state index in [9.17, 15) is 0 Å². The maximum absolute atomic E-state index is 5.35. The Kier molecular flexibility index (Phi) is 3.06. The maximum Gasteiger partial charge on any atom is 0.126 e. The molecule has 84 valence electrons. The number of methoxy groups -OCH3 is 2. The second-order valence-electron chi connectivity index (χ2n) is 3.62. The second kappa shape index (κ2) is 4.34. The molecule has 0 N–H and O–H groups in total. The van der Waals surface area contributed by atoms with Crippen molar-refractivity contribution in [3.05, 3.63) is 34.3 Å². The Balaban J connectivity index is 2.83. The van der Waals surface area contributed by atoms with E-state index in [-0.39, 0.29) is 0 Å². The normalized spacial score (nSPS) is 10.5. The third kappa shape index (κ3) is 1.76. The first-order valence-electron chi connectivity index (χ1n) is 4.98. The molecular weight excluding hydrogens is 268 g/mol. The third-order valence-electron chi connectivity index (χ3n) is 2.66. The third-order valence-corrected chi connectivity index (χ3v) is 3.35. The van der Waals surface area contributed by atoms with Gasteiger partial charge in [0.1, 0.15) is 11.5 Å². The number of benzene rings is 2. The van der Waals surface area contributed by atoms with Crippen LogP contribution >= 0.6 is 15.9 Å².